The van der Waals surface area contributed by atoms with Gasteiger partial charge in [0, 0.05) is 17.1 Å². The van der Waals surface area contributed by atoms with Crippen molar-refractivity contribution in [2.45, 2.75) is 0 Å². The van der Waals surface area contributed by atoms with Crippen molar-refractivity contribution in [3.8, 4) is 55.6 Å². The molecule has 0 unspecified atom stereocenters. The molecule has 0 aromatic heterocycles. The van der Waals surface area contributed by atoms with E-state index in [4.69, 9.17) is 2.74 Å². The minimum atomic E-state index is -0.448. The summed E-state index contributed by atoms with van der Waals surface area (Å²) in [5.41, 5.74) is 6.63. The van der Waals surface area contributed by atoms with E-state index >= 15 is 0 Å². The van der Waals surface area contributed by atoms with Gasteiger partial charge in [0.1, 0.15) is 0 Å². The van der Waals surface area contributed by atoms with Crippen LogP contribution in [0.15, 0.2) is 224 Å². The van der Waals surface area contributed by atoms with E-state index in [2.05, 4.69) is 0 Å². The summed E-state index contributed by atoms with van der Waals surface area (Å²) in [7, 11) is 0. The monoisotopic (exact) mass is 683 g/mol. The Hall–Kier alpha value is -6.96. The first kappa shape index (κ1) is 24.3. The molecule has 0 atom stereocenters. The van der Waals surface area contributed by atoms with E-state index in [9.17, 15) is 8.22 Å². The summed E-state index contributed by atoms with van der Waals surface area (Å²) >= 11 is 0. The first-order valence-corrected chi connectivity index (χ1v) is 17.5. The van der Waals surface area contributed by atoms with Crippen LogP contribution >= 0.6 is 0 Å². The first-order valence-electron chi connectivity index (χ1n) is 21.5. The standard InChI is InChI=1S/C52H37N/c1-4-13-38(14-5-1)42-25-29-50(30-26-42)53(52-22-12-21-45(37-52)46-24-23-41-19-10-11-20-44(41)33-46)51-31-27-43(28-32-51)49-35-47(39-15-6-2-7-16-39)34-48(36-49)40-17-8-3-9-18-40/h1-37H/i12D,21D,22D,27D,28D,31D,32D,37D. The number of anilines is 3. The highest BCUT2D eigenvalue weighted by atomic mass is 15.1. The molecule has 1 heteroatoms. The number of fused-ring (bicyclic) bond motifs is 1. The molecule has 0 N–H and O–H groups in total. The van der Waals surface area contributed by atoms with Crippen molar-refractivity contribution in [3.63, 3.8) is 0 Å². The van der Waals surface area contributed by atoms with Crippen molar-refractivity contribution in [1.82, 2.24) is 0 Å². The molecule has 9 rings (SSSR count). The Morgan fingerprint density at radius 2 is 0.774 bits per heavy atom. The smallest absolute Gasteiger partial charge is 0.0651 e. The molecule has 250 valence electrons. The van der Waals surface area contributed by atoms with Gasteiger partial charge >= 0.3 is 0 Å². The lowest BCUT2D eigenvalue weighted by Crippen LogP contribution is -2.10. The summed E-state index contributed by atoms with van der Waals surface area (Å²) in [6.45, 7) is 0. The second-order valence-electron chi connectivity index (χ2n) is 12.8. The summed E-state index contributed by atoms with van der Waals surface area (Å²) in [4.78, 5) is 1.39. The van der Waals surface area contributed by atoms with Gasteiger partial charge in [-0.2, -0.15) is 0 Å². The van der Waals surface area contributed by atoms with Gasteiger partial charge in [0.05, 0.1) is 11.0 Å². The van der Waals surface area contributed by atoms with Gasteiger partial charge in [-0.05, 0) is 127 Å². The molecule has 0 amide bonds. The van der Waals surface area contributed by atoms with Crippen LogP contribution in [0.25, 0.3) is 66.4 Å². The number of benzene rings is 9. The highest BCUT2D eigenvalue weighted by molar-refractivity contribution is 5.89. The maximum absolute atomic E-state index is 9.73. The zero-order valence-corrected chi connectivity index (χ0v) is 28.7. The molecule has 53 heavy (non-hydrogen) atoms. The molecule has 1 nitrogen and oxygen atoms in total. The molecule has 0 aliphatic rings. The SMILES string of the molecule is [2H]c1c([2H])c(-c2ccc3ccccc3c2)c([2H])c(N(c2ccc(-c3ccccc3)cc2)c2c([2H])c([2H])c(-c3cc(-c4ccccc4)cc(-c4ccccc4)c3)c([2H])c2[2H])c1[2H]. The molecule has 0 radical (unpaired) electrons. The Morgan fingerprint density at radius 1 is 0.283 bits per heavy atom. The predicted molar refractivity (Wildman–Crippen MR) is 226 cm³/mol. The topological polar surface area (TPSA) is 3.24 Å². The zero-order chi connectivity index (χ0) is 42.4. The molecule has 0 spiro atoms. The molecule has 0 heterocycles. The number of nitrogens with zero attached hydrogens (tertiary/aromatic N) is 1. The Balaban J connectivity index is 1.29. The summed E-state index contributed by atoms with van der Waals surface area (Å²) in [6, 6.07) is 52.8. The minimum absolute atomic E-state index is 0.102. The van der Waals surface area contributed by atoms with E-state index < -0.39 is 12.1 Å². The van der Waals surface area contributed by atoms with Crippen LogP contribution < -0.4 is 4.90 Å². The maximum atomic E-state index is 9.73. The van der Waals surface area contributed by atoms with Crippen molar-refractivity contribution < 1.29 is 11.0 Å². The van der Waals surface area contributed by atoms with E-state index in [1.165, 1.54) is 4.90 Å². The largest absolute Gasteiger partial charge is 0.310 e. The first-order chi connectivity index (χ1) is 29.6. The van der Waals surface area contributed by atoms with Crippen molar-refractivity contribution in [3.05, 3.63) is 224 Å². The fraction of sp³-hybridized carbons (Fsp3) is 0. The molecular weight excluding hydrogens is 639 g/mol. The van der Waals surface area contributed by atoms with E-state index in [1.54, 1.807) is 18.2 Å². The second-order valence-corrected chi connectivity index (χ2v) is 12.8. The van der Waals surface area contributed by atoms with E-state index in [1.807, 2.05) is 158 Å². The van der Waals surface area contributed by atoms with Crippen LogP contribution in [0.3, 0.4) is 0 Å². The van der Waals surface area contributed by atoms with Gasteiger partial charge in [0.2, 0.25) is 0 Å². The number of rotatable bonds is 8. The van der Waals surface area contributed by atoms with Crippen LogP contribution in [0.5, 0.6) is 0 Å². The molecule has 0 aliphatic heterocycles. The van der Waals surface area contributed by atoms with Crippen LogP contribution in [0.4, 0.5) is 17.1 Å². The lowest BCUT2D eigenvalue weighted by Gasteiger charge is -2.26. The molecule has 0 bridgehead atoms. The van der Waals surface area contributed by atoms with Gasteiger partial charge in [-0.15, -0.1) is 0 Å². The molecule has 0 saturated heterocycles. The second kappa shape index (κ2) is 14.3. The Labute approximate surface area is 323 Å². The lowest BCUT2D eigenvalue weighted by atomic mass is 9.93. The van der Waals surface area contributed by atoms with Crippen molar-refractivity contribution >= 4 is 27.8 Å². The quantitative estimate of drug-likeness (QED) is 0.154. The van der Waals surface area contributed by atoms with Crippen molar-refractivity contribution in [2.75, 3.05) is 4.90 Å². The Bertz CT molecular complexity index is 3010. The van der Waals surface area contributed by atoms with E-state index in [-0.39, 0.29) is 58.8 Å². The van der Waals surface area contributed by atoms with Crippen LogP contribution in [-0.4, -0.2) is 0 Å². The average Bonchev–Trinajstić information content (AvgIpc) is 3.30. The Kier molecular flexibility index (Phi) is 6.57. The fourth-order valence-corrected chi connectivity index (χ4v) is 6.67. The van der Waals surface area contributed by atoms with Crippen molar-refractivity contribution in [2.24, 2.45) is 0 Å². The normalized spacial score (nSPS) is 13.1. The van der Waals surface area contributed by atoms with Crippen LogP contribution in [0.2, 0.25) is 0 Å². The average molecular weight is 684 g/mol. The van der Waals surface area contributed by atoms with Crippen LogP contribution in [0, 0.1) is 0 Å². The molecule has 0 aliphatic carbocycles. The fourth-order valence-electron chi connectivity index (χ4n) is 6.67. The predicted octanol–water partition coefficient (Wildman–Crippen LogP) is 14.6. The Morgan fingerprint density at radius 3 is 1.38 bits per heavy atom. The summed E-state index contributed by atoms with van der Waals surface area (Å²) in [6.07, 6.45) is 0. The van der Waals surface area contributed by atoms with Crippen molar-refractivity contribution in [1.29, 1.82) is 0 Å². The molecular formula is C52H37N. The van der Waals surface area contributed by atoms with Gasteiger partial charge in [-0.1, -0.05) is 164 Å². The minimum Gasteiger partial charge on any atom is -0.310 e. The molecule has 9 aromatic carbocycles. The van der Waals surface area contributed by atoms with Gasteiger partial charge in [-0.25, -0.2) is 0 Å². The highest BCUT2D eigenvalue weighted by Gasteiger charge is 2.15. The summed E-state index contributed by atoms with van der Waals surface area (Å²) < 4.78 is 75.7. The zero-order valence-electron chi connectivity index (χ0n) is 36.7. The van der Waals surface area contributed by atoms with E-state index in [0.717, 1.165) is 44.2 Å². The summed E-state index contributed by atoms with van der Waals surface area (Å²) in [5.74, 6) is 0. The third-order valence-electron chi connectivity index (χ3n) is 9.38. The summed E-state index contributed by atoms with van der Waals surface area (Å²) in [5, 5.41) is 1.83. The molecule has 0 saturated carbocycles. The van der Waals surface area contributed by atoms with Gasteiger partial charge in [0.15, 0.2) is 0 Å². The maximum Gasteiger partial charge on any atom is 0.0651 e. The highest BCUT2D eigenvalue weighted by Crippen LogP contribution is 2.40. The van der Waals surface area contributed by atoms with Crippen LogP contribution in [0.1, 0.15) is 11.0 Å². The third-order valence-corrected chi connectivity index (χ3v) is 9.38. The molecule has 0 fully saturated rings. The third kappa shape index (κ3) is 6.77. The lowest BCUT2D eigenvalue weighted by molar-refractivity contribution is 1.28. The van der Waals surface area contributed by atoms with Gasteiger partial charge in [-0.3, -0.25) is 0 Å². The molecule has 9 aromatic rings. The van der Waals surface area contributed by atoms with Crippen LogP contribution in [-0.2, 0) is 0 Å². The van der Waals surface area contributed by atoms with Gasteiger partial charge < -0.3 is 4.90 Å². The number of hydrogen-bond donors (Lipinski definition) is 0. The van der Waals surface area contributed by atoms with Gasteiger partial charge in [0.25, 0.3) is 0 Å². The number of hydrogen-bond acceptors (Lipinski definition) is 1. The van der Waals surface area contributed by atoms with E-state index in [0.29, 0.717) is 16.8 Å².